The standard InChI is InChI=1S/C4H8O2.2H2O/c1-3-6-4(2)5;;/h3H2,1-2H3;2*1H2. The van der Waals surface area contributed by atoms with Gasteiger partial charge in [0.05, 0.1) is 6.61 Å². The maximum atomic E-state index is 9.82. The van der Waals surface area contributed by atoms with Crippen LogP contribution in [0.15, 0.2) is 0 Å². The topological polar surface area (TPSA) is 89.3 Å². The molecule has 0 atom stereocenters. The smallest absolute Gasteiger partial charge is 0.302 e. The van der Waals surface area contributed by atoms with Gasteiger partial charge in [-0.2, -0.15) is 0 Å². The zero-order valence-corrected chi connectivity index (χ0v) is 5.02. The van der Waals surface area contributed by atoms with Crippen LogP contribution in [0.1, 0.15) is 13.8 Å². The zero-order valence-electron chi connectivity index (χ0n) is 5.02. The highest BCUT2D eigenvalue weighted by Crippen LogP contribution is 1.69. The molecule has 4 heteroatoms. The molecule has 0 fully saturated rings. The van der Waals surface area contributed by atoms with Gasteiger partial charge in [0, 0.05) is 6.92 Å². The van der Waals surface area contributed by atoms with Gasteiger partial charge in [-0.1, -0.05) is 0 Å². The van der Waals surface area contributed by atoms with Gasteiger partial charge < -0.3 is 15.7 Å². The Morgan fingerprint density at radius 1 is 1.50 bits per heavy atom. The summed E-state index contributed by atoms with van der Waals surface area (Å²) in [5.74, 6) is -0.211. The van der Waals surface area contributed by atoms with E-state index in [0.717, 1.165) is 0 Å². The third-order valence-electron chi connectivity index (χ3n) is 0.348. The van der Waals surface area contributed by atoms with Crippen LogP contribution >= 0.6 is 0 Å². The minimum Gasteiger partial charge on any atom is -0.466 e. The van der Waals surface area contributed by atoms with Crippen LogP contribution in [0.3, 0.4) is 0 Å². The Morgan fingerprint density at radius 2 is 1.88 bits per heavy atom. The molecule has 0 aliphatic carbocycles. The van der Waals surface area contributed by atoms with E-state index in [1.54, 1.807) is 6.92 Å². The van der Waals surface area contributed by atoms with Crippen molar-refractivity contribution in [2.45, 2.75) is 13.8 Å². The summed E-state index contributed by atoms with van der Waals surface area (Å²) in [6, 6.07) is 0. The molecule has 4 N–H and O–H groups in total. The molecule has 0 unspecified atom stereocenters. The van der Waals surface area contributed by atoms with E-state index >= 15 is 0 Å². The lowest BCUT2D eigenvalue weighted by Gasteiger charge is -1.89. The molecule has 0 aromatic heterocycles. The van der Waals surface area contributed by atoms with Gasteiger partial charge in [-0.25, -0.2) is 0 Å². The van der Waals surface area contributed by atoms with Gasteiger partial charge in [0.1, 0.15) is 0 Å². The fraction of sp³-hybridized carbons (Fsp3) is 0.750. The molecule has 0 aliphatic rings. The first kappa shape index (κ1) is 15.7. The summed E-state index contributed by atoms with van der Waals surface area (Å²) in [6.45, 7) is 3.65. The van der Waals surface area contributed by atoms with E-state index in [-0.39, 0.29) is 16.9 Å². The predicted molar refractivity (Wildman–Crippen MR) is 29.5 cm³/mol. The lowest BCUT2D eigenvalue weighted by molar-refractivity contribution is -0.140. The molecule has 0 radical (unpaired) electrons. The molecule has 52 valence electrons. The lowest BCUT2D eigenvalue weighted by Crippen LogP contribution is -1.95. The minimum atomic E-state index is -0.211. The second kappa shape index (κ2) is 9.63. The molecule has 0 aromatic carbocycles. The van der Waals surface area contributed by atoms with Crippen LogP contribution in [0.2, 0.25) is 0 Å². The quantitative estimate of drug-likeness (QED) is 0.416. The first-order chi connectivity index (χ1) is 2.77. The highest BCUT2D eigenvalue weighted by Gasteiger charge is 1.81. The summed E-state index contributed by atoms with van der Waals surface area (Å²) in [6.07, 6.45) is 0. The summed E-state index contributed by atoms with van der Waals surface area (Å²) in [5, 5.41) is 0. The van der Waals surface area contributed by atoms with E-state index in [2.05, 4.69) is 4.74 Å². The van der Waals surface area contributed by atoms with Gasteiger partial charge in [-0.05, 0) is 6.92 Å². The van der Waals surface area contributed by atoms with Crippen molar-refractivity contribution in [3.8, 4) is 0 Å². The minimum absolute atomic E-state index is 0. The molecule has 0 spiro atoms. The fourth-order valence-electron chi connectivity index (χ4n) is 0.203. The first-order valence-corrected chi connectivity index (χ1v) is 1.90. The number of hydrogen-bond acceptors (Lipinski definition) is 2. The van der Waals surface area contributed by atoms with E-state index in [0.29, 0.717) is 6.61 Å². The normalized spacial score (nSPS) is 5.75. The molecule has 0 rings (SSSR count). The summed E-state index contributed by atoms with van der Waals surface area (Å²) in [5.41, 5.74) is 0. The molecule has 0 aliphatic heterocycles. The van der Waals surface area contributed by atoms with Crippen LogP contribution in [0.5, 0.6) is 0 Å². The maximum Gasteiger partial charge on any atom is 0.302 e. The molecule has 0 saturated heterocycles. The first-order valence-electron chi connectivity index (χ1n) is 1.90. The fourth-order valence-corrected chi connectivity index (χ4v) is 0.203. The predicted octanol–water partition coefficient (Wildman–Crippen LogP) is -1.08. The maximum absolute atomic E-state index is 9.82. The Labute approximate surface area is 48.1 Å². The SMILES string of the molecule is CCOC(C)=O.O.O. The van der Waals surface area contributed by atoms with Crippen molar-refractivity contribution in [3.63, 3.8) is 0 Å². The molecular formula is C4H12O4. The van der Waals surface area contributed by atoms with Crippen LogP contribution in [-0.4, -0.2) is 23.5 Å². The Bertz CT molecular complexity index is 52.0. The van der Waals surface area contributed by atoms with Crippen molar-refractivity contribution < 1.29 is 20.5 Å². The van der Waals surface area contributed by atoms with Crippen molar-refractivity contribution in [2.75, 3.05) is 6.61 Å². The number of rotatable bonds is 1. The Kier molecular flexibility index (Phi) is 18.9. The molecule has 0 saturated carbocycles. The third kappa shape index (κ3) is 18.2. The van der Waals surface area contributed by atoms with Gasteiger partial charge in [0.2, 0.25) is 0 Å². The molecule has 0 aromatic rings. The van der Waals surface area contributed by atoms with Gasteiger partial charge in [0.15, 0.2) is 0 Å². The van der Waals surface area contributed by atoms with Gasteiger partial charge >= 0.3 is 5.97 Å². The highest BCUT2D eigenvalue weighted by molar-refractivity contribution is 5.65. The Hall–Kier alpha value is -0.610. The molecule has 4 nitrogen and oxygen atoms in total. The van der Waals surface area contributed by atoms with Crippen molar-refractivity contribution in [1.29, 1.82) is 0 Å². The van der Waals surface area contributed by atoms with Gasteiger partial charge in [0.25, 0.3) is 0 Å². The van der Waals surface area contributed by atoms with Crippen molar-refractivity contribution >= 4 is 5.97 Å². The van der Waals surface area contributed by atoms with Crippen LogP contribution in [-0.2, 0) is 9.53 Å². The largest absolute Gasteiger partial charge is 0.466 e. The van der Waals surface area contributed by atoms with E-state index in [1.807, 2.05) is 0 Å². The third-order valence-corrected chi connectivity index (χ3v) is 0.348. The van der Waals surface area contributed by atoms with Crippen LogP contribution in [0.25, 0.3) is 0 Å². The number of carbonyl (C=O) groups excluding carboxylic acids is 1. The Balaban J connectivity index is -0.000000125. The van der Waals surface area contributed by atoms with E-state index in [9.17, 15) is 4.79 Å². The Morgan fingerprint density at radius 3 is 1.88 bits per heavy atom. The van der Waals surface area contributed by atoms with Gasteiger partial charge in [-0.3, -0.25) is 4.79 Å². The number of esters is 1. The molecule has 8 heavy (non-hydrogen) atoms. The second-order valence-corrected chi connectivity index (χ2v) is 0.925. The lowest BCUT2D eigenvalue weighted by atomic mass is 10.8. The highest BCUT2D eigenvalue weighted by atomic mass is 16.5. The molecular weight excluding hydrogens is 112 g/mol. The average Bonchev–Trinajstić information content (AvgIpc) is 1.35. The summed E-state index contributed by atoms with van der Waals surface area (Å²) in [4.78, 5) is 9.82. The average molecular weight is 124 g/mol. The summed E-state index contributed by atoms with van der Waals surface area (Å²) in [7, 11) is 0. The van der Waals surface area contributed by atoms with Crippen molar-refractivity contribution in [1.82, 2.24) is 0 Å². The van der Waals surface area contributed by atoms with E-state index in [1.165, 1.54) is 6.92 Å². The van der Waals surface area contributed by atoms with Crippen molar-refractivity contribution in [2.24, 2.45) is 0 Å². The number of carbonyl (C=O) groups is 1. The number of ether oxygens (including phenoxy) is 1. The summed E-state index contributed by atoms with van der Waals surface area (Å²) < 4.78 is 4.40. The van der Waals surface area contributed by atoms with Crippen molar-refractivity contribution in [3.05, 3.63) is 0 Å². The van der Waals surface area contributed by atoms with E-state index < -0.39 is 0 Å². The number of hydrogen-bond donors (Lipinski definition) is 0. The second-order valence-electron chi connectivity index (χ2n) is 0.925. The van der Waals surface area contributed by atoms with Gasteiger partial charge in [-0.15, -0.1) is 0 Å². The van der Waals surface area contributed by atoms with Crippen LogP contribution < -0.4 is 0 Å². The zero-order chi connectivity index (χ0) is 4.99. The summed E-state index contributed by atoms with van der Waals surface area (Å²) >= 11 is 0. The van der Waals surface area contributed by atoms with Crippen LogP contribution in [0, 0.1) is 0 Å². The molecule has 0 bridgehead atoms. The van der Waals surface area contributed by atoms with Crippen LogP contribution in [0.4, 0.5) is 0 Å². The monoisotopic (exact) mass is 124 g/mol. The molecule has 0 heterocycles. The van der Waals surface area contributed by atoms with E-state index in [4.69, 9.17) is 0 Å². The molecule has 0 amide bonds.